The van der Waals surface area contributed by atoms with Crippen LogP contribution in [0.1, 0.15) is 42.3 Å². The van der Waals surface area contributed by atoms with E-state index < -0.39 is 0 Å². The number of aromatic nitrogens is 2. The Hall–Kier alpha value is -4.17. The summed E-state index contributed by atoms with van der Waals surface area (Å²) in [6.45, 7) is 4.90. The van der Waals surface area contributed by atoms with Crippen LogP contribution in [0.3, 0.4) is 0 Å². The molecule has 1 aliphatic heterocycles. The summed E-state index contributed by atoms with van der Waals surface area (Å²) in [6, 6.07) is 23.5. The van der Waals surface area contributed by atoms with E-state index in [1.807, 2.05) is 29.7 Å². The molecule has 5 nitrogen and oxygen atoms in total. The Morgan fingerprint density at radius 2 is 1.72 bits per heavy atom. The lowest BCUT2D eigenvalue weighted by Gasteiger charge is -2.14. The normalized spacial score (nSPS) is 15.4. The van der Waals surface area contributed by atoms with Gasteiger partial charge in [0.1, 0.15) is 11.6 Å². The van der Waals surface area contributed by atoms with E-state index >= 15 is 0 Å². The zero-order valence-corrected chi connectivity index (χ0v) is 22.3. The molecule has 5 aromatic rings. The first-order valence-electron chi connectivity index (χ1n) is 12.8. The number of pyridine rings is 1. The van der Waals surface area contributed by atoms with Crippen LogP contribution in [0.5, 0.6) is 0 Å². The summed E-state index contributed by atoms with van der Waals surface area (Å²) in [5, 5.41) is 12.1. The lowest BCUT2D eigenvalue weighted by molar-refractivity contribution is 0.626. The van der Waals surface area contributed by atoms with Gasteiger partial charge in [0.2, 0.25) is 0 Å². The molecule has 1 atom stereocenters. The Labute approximate surface area is 229 Å². The summed E-state index contributed by atoms with van der Waals surface area (Å²) in [7, 11) is 0. The largest absolute Gasteiger partial charge is 0.355 e. The average molecular weight is 540 g/mol. The Morgan fingerprint density at radius 3 is 2.46 bits per heavy atom. The van der Waals surface area contributed by atoms with Crippen LogP contribution in [0.4, 0.5) is 8.78 Å². The number of rotatable bonds is 7. The molecule has 39 heavy (non-hydrogen) atoms. The van der Waals surface area contributed by atoms with Gasteiger partial charge in [-0.15, -0.1) is 0 Å². The van der Waals surface area contributed by atoms with E-state index in [-0.39, 0.29) is 23.1 Å². The maximum absolute atomic E-state index is 13.5. The third kappa shape index (κ3) is 5.12. The SMILES string of the molecule is CC(C)c1nc(/C=N/NC2NC(c3ccc(F)cc3)=CS2)cc2c3ccccc3n(Cc3ccc(F)cc3)c12. The van der Waals surface area contributed by atoms with Crippen molar-refractivity contribution in [2.45, 2.75) is 31.8 Å². The lowest BCUT2D eigenvalue weighted by atomic mass is 10.0. The second-order valence-corrected chi connectivity index (χ2v) is 10.8. The molecular formula is C31H27F2N5S. The molecule has 0 spiro atoms. The van der Waals surface area contributed by atoms with Crippen molar-refractivity contribution in [1.29, 1.82) is 0 Å². The van der Waals surface area contributed by atoms with Gasteiger partial charge >= 0.3 is 0 Å². The van der Waals surface area contributed by atoms with E-state index in [4.69, 9.17) is 4.98 Å². The van der Waals surface area contributed by atoms with Gasteiger partial charge in [-0.25, -0.2) is 13.8 Å². The van der Waals surface area contributed by atoms with Crippen molar-refractivity contribution in [2.24, 2.45) is 5.10 Å². The highest BCUT2D eigenvalue weighted by atomic mass is 32.2. The predicted molar refractivity (Wildman–Crippen MR) is 156 cm³/mol. The molecule has 0 amide bonds. The van der Waals surface area contributed by atoms with Crippen LogP contribution in [-0.2, 0) is 6.54 Å². The highest BCUT2D eigenvalue weighted by molar-refractivity contribution is 8.03. The maximum Gasteiger partial charge on any atom is 0.165 e. The summed E-state index contributed by atoms with van der Waals surface area (Å²) in [5.74, 6) is -0.315. The van der Waals surface area contributed by atoms with Crippen molar-refractivity contribution in [3.05, 3.63) is 118 Å². The van der Waals surface area contributed by atoms with Crippen molar-refractivity contribution < 1.29 is 8.78 Å². The highest BCUT2D eigenvalue weighted by Gasteiger charge is 2.19. The van der Waals surface area contributed by atoms with Gasteiger partial charge in [-0.1, -0.05) is 55.9 Å². The minimum absolute atomic E-state index is 0.146. The number of thioether (sulfide) groups is 1. The Morgan fingerprint density at radius 1 is 1.00 bits per heavy atom. The van der Waals surface area contributed by atoms with E-state index in [0.717, 1.165) is 50.0 Å². The van der Waals surface area contributed by atoms with Gasteiger partial charge in [0.05, 0.1) is 28.8 Å². The summed E-state index contributed by atoms with van der Waals surface area (Å²) in [5.41, 5.74) is 9.80. The fourth-order valence-electron chi connectivity index (χ4n) is 4.89. The van der Waals surface area contributed by atoms with Crippen LogP contribution in [-0.4, -0.2) is 21.3 Å². The molecule has 0 saturated heterocycles. The minimum Gasteiger partial charge on any atom is -0.355 e. The molecule has 0 bridgehead atoms. The average Bonchev–Trinajstić information content (AvgIpc) is 3.53. The van der Waals surface area contributed by atoms with Crippen molar-refractivity contribution in [2.75, 3.05) is 0 Å². The standard InChI is InChI=1S/C31H27F2N5S/c1-19(2)29-30-26(25-5-3-4-6-28(25)38(30)17-20-7-11-22(32)12-8-20)15-24(35-29)16-34-37-31-36-27(18-39-31)21-9-13-23(33)14-10-21/h3-16,18-19,31,36-37H,17H2,1-2H3/b34-16+. The minimum atomic E-state index is -0.256. The topological polar surface area (TPSA) is 54.2 Å². The molecule has 6 rings (SSSR count). The van der Waals surface area contributed by atoms with Gasteiger partial charge in [0.25, 0.3) is 0 Å². The van der Waals surface area contributed by atoms with Crippen LogP contribution in [0, 0.1) is 11.6 Å². The van der Waals surface area contributed by atoms with Crippen LogP contribution < -0.4 is 10.7 Å². The molecule has 1 unspecified atom stereocenters. The van der Waals surface area contributed by atoms with Crippen LogP contribution in [0.2, 0.25) is 0 Å². The number of hydrogen-bond donors (Lipinski definition) is 2. The predicted octanol–water partition coefficient (Wildman–Crippen LogP) is 7.18. The summed E-state index contributed by atoms with van der Waals surface area (Å²) in [6.07, 6.45) is 1.75. The maximum atomic E-state index is 13.5. The second-order valence-electron chi connectivity index (χ2n) is 9.80. The first-order valence-corrected chi connectivity index (χ1v) is 13.7. The molecule has 3 heterocycles. The summed E-state index contributed by atoms with van der Waals surface area (Å²) >= 11 is 1.56. The van der Waals surface area contributed by atoms with Crippen molar-refractivity contribution in [3.63, 3.8) is 0 Å². The highest BCUT2D eigenvalue weighted by Crippen LogP contribution is 2.34. The number of fused-ring (bicyclic) bond motifs is 3. The molecule has 2 aromatic heterocycles. The molecule has 1 aliphatic rings. The number of hydrazone groups is 1. The Bertz CT molecular complexity index is 1710. The zero-order valence-electron chi connectivity index (χ0n) is 21.5. The van der Waals surface area contributed by atoms with Crippen LogP contribution in [0.25, 0.3) is 27.5 Å². The molecular weight excluding hydrogens is 512 g/mol. The van der Waals surface area contributed by atoms with E-state index in [9.17, 15) is 8.78 Å². The smallest absolute Gasteiger partial charge is 0.165 e. The molecule has 8 heteroatoms. The number of benzene rings is 3. The number of hydrogen-bond acceptors (Lipinski definition) is 5. The fourth-order valence-corrected chi connectivity index (χ4v) is 5.68. The first kappa shape index (κ1) is 25.1. The van der Waals surface area contributed by atoms with E-state index in [1.165, 1.54) is 24.3 Å². The number of para-hydroxylation sites is 1. The third-order valence-electron chi connectivity index (χ3n) is 6.75. The zero-order chi connectivity index (χ0) is 26.9. The molecule has 2 N–H and O–H groups in total. The molecule has 0 aliphatic carbocycles. The van der Waals surface area contributed by atoms with Gasteiger partial charge in [-0.05, 0) is 71.0 Å². The van der Waals surface area contributed by atoms with E-state index in [2.05, 4.69) is 52.5 Å². The van der Waals surface area contributed by atoms with Gasteiger partial charge in [-0.2, -0.15) is 5.10 Å². The molecule has 196 valence electrons. The number of nitrogens with zero attached hydrogens (tertiary/aromatic N) is 3. The van der Waals surface area contributed by atoms with Crippen LogP contribution in [0.15, 0.2) is 89.4 Å². The van der Waals surface area contributed by atoms with E-state index in [0.29, 0.717) is 6.54 Å². The van der Waals surface area contributed by atoms with Crippen molar-refractivity contribution in [1.82, 2.24) is 20.3 Å². The molecule has 3 aromatic carbocycles. The molecule has 0 fully saturated rings. The quantitative estimate of drug-likeness (QED) is 0.170. The van der Waals surface area contributed by atoms with Crippen molar-refractivity contribution >= 4 is 45.5 Å². The van der Waals surface area contributed by atoms with Gasteiger partial charge in [-0.3, -0.25) is 5.43 Å². The Kier molecular flexibility index (Phi) is 6.79. The van der Waals surface area contributed by atoms with Gasteiger partial charge < -0.3 is 9.88 Å². The molecule has 0 radical (unpaired) electrons. The number of nitrogens with one attached hydrogen (secondary N) is 2. The fraction of sp³-hybridized carbons (Fsp3) is 0.161. The molecule has 0 saturated carbocycles. The monoisotopic (exact) mass is 539 g/mol. The van der Waals surface area contributed by atoms with Crippen LogP contribution >= 0.6 is 11.8 Å². The van der Waals surface area contributed by atoms with Gasteiger partial charge in [0, 0.05) is 22.8 Å². The summed E-state index contributed by atoms with van der Waals surface area (Å²) in [4.78, 5) is 5.00. The first-order chi connectivity index (χ1) is 19.0. The van der Waals surface area contributed by atoms with E-state index in [1.54, 1.807) is 30.1 Å². The summed E-state index contributed by atoms with van der Waals surface area (Å²) < 4.78 is 29.1. The van der Waals surface area contributed by atoms with Gasteiger partial charge in [0.15, 0.2) is 5.50 Å². The Balaban J connectivity index is 1.29. The lowest BCUT2D eigenvalue weighted by Crippen LogP contribution is -2.32. The number of halogens is 2. The second kappa shape index (κ2) is 10.5. The third-order valence-corrected chi connectivity index (χ3v) is 7.61. The van der Waals surface area contributed by atoms with Crippen molar-refractivity contribution in [3.8, 4) is 0 Å².